The highest BCUT2D eigenvalue weighted by molar-refractivity contribution is 5.66. The van der Waals surface area contributed by atoms with E-state index in [2.05, 4.69) is 0 Å². The van der Waals surface area contributed by atoms with Crippen molar-refractivity contribution in [2.75, 3.05) is 0 Å². The highest BCUT2D eigenvalue weighted by atomic mass is 16.4. The number of allylic oxidation sites excluding steroid dienone is 3. The number of rotatable bonds is 6. The molecule has 0 spiro atoms. The molecule has 84 valence electrons. The first-order valence-corrected chi connectivity index (χ1v) is 5.41. The normalized spacial score (nSPS) is 25.1. The van der Waals surface area contributed by atoms with Crippen LogP contribution in [0.25, 0.3) is 0 Å². The van der Waals surface area contributed by atoms with Crippen molar-refractivity contribution < 1.29 is 15.0 Å². The number of hydrogen-bond acceptors (Lipinski definition) is 2. The van der Waals surface area contributed by atoms with E-state index >= 15 is 0 Å². The molecule has 0 saturated heterocycles. The topological polar surface area (TPSA) is 57.5 Å². The van der Waals surface area contributed by atoms with Crippen LogP contribution in [-0.2, 0) is 4.79 Å². The molecule has 0 saturated carbocycles. The van der Waals surface area contributed by atoms with Crippen molar-refractivity contribution in [2.45, 2.75) is 38.2 Å². The Labute approximate surface area is 90.1 Å². The summed E-state index contributed by atoms with van der Waals surface area (Å²) >= 11 is 0. The zero-order valence-electron chi connectivity index (χ0n) is 8.80. The van der Waals surface area contributed by atoms with Gasteiger partial charge in [0.05, 0.1) is 6.10 Å². The van der Waals surface area contributed by atoms with E-state index in [0.717, 1.165) is 19.3 Å². The van der Waals surface area contributed by atoms with E-state index in [9.17, 15) is 9.90 Å². The van der Waals surface area contributed by atoms with Gasteiger partial charge in [0.2, 0.25) is 0 Å². The molecule has 0 bridgehead atoms. The van der Waals surface area contributed by atoms with Crippen LogP contribution in [0.1, 0.15) is 32.1 Å². The Morgan fingerprint density at radius 1 is 1.47 bits per heavy atom. The minimum absolute atomic E-state index is 0.234. The number of aliphatic carboxylic acids is 1. The zero-order valence-corrected chi connectivity index (χ0v) is 8.80. The summed E-state index contributed by atoms with van der Waals surface area (Å²) in [7, 11) is 0. The Balaban J connectivity index is 2.04. The summed E-state index contributed by atoms with van der Waals surface area (Å²) in [5.74, 6) is -0.417. The van der Waals surface area contributed by atoms with Crippen LogP contribution in [0.4, 0.5) is 0 Å². The summed E-state index contributed by atoms with van der Waals surface area (Å²) in [6.45, 7) is 0. The first-order valence-electron chi connectivity index (χ1n) is 5.41. The molecule has 0 amide bonds. The molecule has 3 heteroatoms. The van der Waals surface area contributed by atoms with Crippen molar-refractivity contribution >= 4 is 5.97 Å². The summed E-state index contributed by atoms with van der Waals surface area (Å²) < 4.78 is 0. The number of carboxylic acids is 1. The van der Waals surface area contributed by atoms with E-state index in [1.54, 1.807) is 0 Å². The first kappa shape index (κ1) is 12.0. The van der Waals surface area contributed by atoms with Crippen LogP contribution in [-0.4, -0.2) is 22.3 Å². The zero-order chi connectivity index (χ0) is 11.1. The van der Waals surface area contributed by atoms with Gasteiger partial charge in [-0.15, -0.1) is 0 Å². The van der Waals surface area contributed by atoms with Gasteiger partial charge in [0, 0.05) is 6.42 Å². The molecule has 0 radical (unpaired) electrons. The van der Waals surface area contributed by atoms with Crippen LogP contribution < -0.4 is 0 Å². The van der Waals surface area contributed by atoms with E-state index in [1.165, 1.54) is 0 Å². The van der Waals surface area contributed by atoms with Gasteiger partial charge in [-0.3, -0.25) is 4.79 Å². The third-order valence-corrected chi connectivity index (χ3v) is 2.62. The number of carboxylic acid groups (broad SMARTS) is 1. The predicted molar refractivity (Wildman–Crippen MR) is 58.5 cm³/mol. The van der Waals surface area contributed by atoms with Crippen LogP contribution in [0, 0.1) is 5.92 Å². The molecule has 0 fully saturated rings. The van der Waals surface area contributed by atoms with Crippen molar-refractivity contribution in [1.82, 2.24) is 0 Å². The minimum atomic E-state index is -0.737. The van der Waals surface area contributed by atoms with Crippen LogP contribution in [0.5, 0.6) is 0 Å². The van der Waals surface area contributed by atoms with E-state index in [-0.39, 0.29) is 12.5 Å². The van der Waals surface area contributed by atoms with Crippen molar-refractivity contribution in [2.24, 2.45) is 5.92 Å². The van der Waals surface area contributed by atoms with Gasteiger partial charge in [-0.05, 0) is 31.6 Å². The Kier molecular flexibility index (Phi) is 5.12. The molecule has 0 aromatic rings. The fourth-order valence-electron chi connectivity index (χ4n) is 1.69. The largest absolute Gasteiger partial charge is 0.481 e. The van der Waals surface area contributed by atoms with Crippen molar-refractivity contribution in [3.05, 3.63) is 24.3 Å². The Morgan fingerprint density at radius 2 is 2.27 bits per heavy atom. The maximum absolute atomic E-state index is 10.2. The van der Waals surface area contributed by atoms with Crippen molar-refractivity contribution in [3.8, 4) is 0 Å². The lowest BCUT2D eigenvalue weighted by Gasteiger charge is -2.10. The summed E-state index contributed by atoms with van der Waals surface area (Å²) in [5, 5.41) is 17.9. The molecule has 3 nitrogen and oxygen atoms in total. The average Bonchev–Trinajstić information content (AvgIpc) is 2.57. The standard InChI is InChI=1S/C12H18O3/c13-11-8-5-7-10(11)6-3-1-2-4-9-12(14)15/h1,3,5,8,10-11,13H,2,4,6-7,9H2,(H,14,15)/b3-1-/t10-,11+/m1/s1. The molecule has 0 heterocycles. The second-order valence-electron chi connectivity index (χ2n) is 3.91. The maximum atomic E-state index is 10.2. The van der Waals surface area contributed by atoms with E-state index < -0.39 is 5.97 Å². The summed E-state index contributed by atoms with van der Waals surface area (Å²) in [5.41, 5.74) is 0. The highest BCUT2D eigenvalue weighted by Gasteiger charge is 2.18. The molecule has 0 unspecified atom stereocenters. The quantitative estimate of drug-likeness (QED) is 0.521. The molecule has 1 aliphatic carbocycles. The molecule has 2 atom stereocenters. The Morgan fingerprint density at radius 3 is 2.87 bits per heavy atom. The van der Waals surface area contributed by atoms with Gasteiger partial charge in [-0.25, -0.2) is 0 Å². The number of carbonyl (C=O) groups is 1. The second-order valence-corrected chi connectivity index (χ2v) is 3.91. The summed E-state index contributed by atoms with van der Waals surface area (Å²) in [6, 6.07) is 0. The minimum Gasteiger partial charge on any atom is -0.481 e. The summed E-state index contributed by atoms with van der Waals surface area (Å²) in [6.07, 6.45) is 11.2. The molecule has 1 aliphatic rings. The molecule has 1 rings (SSSR count). The van der Waals surface area contributed by atoms with Gasteiger partial charge in [-0.2, -0.15) is 0 Å². The smallest absolute Gasteiger partial charge is 0.303 e. The molecule has 0 aromatic carbocycles. The number of aliphatic hydroxyl groups excluding tert-OH is 1. The van der Waals surface area contributed by atoms with E-state index in [0.29, 0.717) is 12.3 Å². The van der Waals surface area contributed by atoms with Crippen molar-refractivity contribution in [3.63, 3.8) is 0 Å². The molecular formula is C12H18O3. The molecule has 2 N–H and O–H groups in total. The van der Waals surface area contributed by atoms with Crippen LogP contribution in [0.2, 0.25) is 0 Å². The highest BCUT2D eigenvalue weighted by Crippen LogP contribution is 2.22. The second kappa shape index (κ2) is 6.40. The summed E-state index contributed by atoms with van der Waals surface area (Å²) in [4.78, 5) is 10.2. The lowest BCUT2D eigenvalue weighted by molar-refractivity contribution is -0.137. The molecular weight excluding hydrogens is 192 g/mol. The van der Waals surface area contributed by atoms with Crippen LogP contribution in [0.15, 0.2) is 24.3 Å². The van der Waals surface area contributed by atoms with Gasteiger partial charge in [0.15, 0.2) is 0 Å². The SMILES string of the molecule is O=C(O)CCC/C=C\C[C@@H]1CC=C[C@@H]1O. The van der Waals surface area contributed by atoms with Crippen LogP contribution >= 0.6 is 0 Å². The van der Waals surface area contributed by atoms with Crippen molar-refractivity contribution in [1.29, 1.82) is 0 Å². The third-order valence-electron chi connectivity index (χ3n) is 2.62. The molecule has 0 aliphatic heterocycles. The monoisotopic (exact) mass is 210 g/mol. The fourth-order valence-corrected chi connectivity index (χ4v) is 1.69. The Hall–Kier alpha value is -1.09. The first-order chi connectivity index (χ1) is 7.20. The van der Waals surface area contributed by atoms with E-state index in [4.69, 9.17) is 5.11 Å². The number of hydrogen-bond donors (Lipinski definition) is 2. The number of aliphatic hydroxyl groups is 1. The average molecular weight is 210 g/mol. The lowest BCUT2D eigenvalue weighted by atomic mass is 10.0. The third kappa shape index (κ3) is 4.79. The van der Waals surface area contributed by atoms with Gasteiger partial charge in [-0.1, -0.05) is 24.3 Å². The number of unbranched alkanes of at least 4 members (excludes halogenated alkanes) is 1. The van der Waals surface area contributed by atoms with Crippen LogP contribution in [0.3, 0.4) is 0 Å². The molecule has 0 aromatic heterocycles. The fraction of sp³-hybridized carbons (Fsp3) is 0.583. The maximum Gasteiger partial charge on any atom is 0.303 e. The van der Waals surface area contributed by atoms with E-state index in [1.807, 2.05) is 24.3 Å². The van der Waals surface area contributed by atoms with Gasteiger partial charge in [0.1, 0.15) is 0 Å². The Bertz CT molecular complexity index is 256. The predicted octanol–water partition coefficient (Wildman–Crippen LogP) is 2.12. The molecule has 15 heavy (non-hydrogen) atoms. The van der Waals surface area contributed by atoms with Gasteiger partial charge >= 0.3 is 5.97 Å². The van der Waals surface area contributed by atoms with Gasteiger partial charge < -0.3 is 10.2 Å². The lowest BCUT2D eigenvalue weighted by Crippen LogP contribution is -2.11. The van der Waals surface area contributed by atoms with Gasteiger partial charge in [0.25, 0.3) is 0 Å².